The number of hydrogen-bond donors (Lipinski definition) is 2. The molecule has 0 atom stereocenters. The summed E-state index contributed by atoms with van der Waals surface area (Å²) in [4.78, 5) is 12.0. The van der Waals surface area contributed by atoms with E-state index in [0.717, 1.165) is 25.9 Å². The molecule has 0 fully saturated rings. The molecule has 2 aromatic carbocycles. The Bertz CT molecular complexity index is 558. The van der Waals surface area contributed by atoms with Gasteiger partial charge in [-0.05, 0) is 30.5 Å². The monoisotopic (exact) mass is 338 g/mol. The fraction of sp³-hybridized carbons (Fsp3) is 0.409. The molecule has 0 radical (unpaired) electrons. The normalized spacial score (nSPS) is 10.8. The van der Waals surface area contributed by atoms with Crippen LogP contribution in [0.3, 0.4) is 0 Å². The van der Waals surface area contributed by atoms with E-state index in [1.165, 1.54) is 17.5 Å². The maximum absolute atomic E-state index is 12.0. The fourth-order valence-corrected chi connectivity index (χ4v) is 2.97. The van der Waals surface area contributed by atoms with Crippen LogP contribution in [0.5, 0.6) is 0 Å². The van der Waals surface area contributed by atoms with Crippen molar-refractivity contribution >= 4 is 5.91 Å². The van der Waals surface area contributed by atoms with Gasteiger partial charge in [-0.25, -0.2) is 0 Å². The zero-order chi connectivity index (χ0) is 17.7. The number of unbranched alkanes of at least 4 members (excludes halogenated alkanes) is 1. The molecule has 0 bridgehead atoms. The number of benzene rings is 2. The summed E-state index contributed by atoms with van der Waals surface area (Å²) in [5.74, 6) is 0.439. The quantitative estimate of drug-likeness (QED) is 0.606. The van der Waals surface area contributed by atoms with E-state index in [2.05, 4.69) is 66.1 Å². The highest BCUT2D eigenvalue weighted by molar-refractivity contribution is 5.76. The number of carbonyl (C=O) groups is 1. The van der Waals surface area contributed by atoms with Crippen molar-refractivity contribution in [1.82, 2.24) is 10.6 Å². The van der Waals surface area contributed by atoms with Gasteiger partial charge in [0, 0.05) is 25.4 Å². The van der Waals surface area contributed by atoms with Crippen LogP contribution in [0, 0.1) is 0 Å². The zero-order valence-corrected chi connectivity index (χ0v) is 15.2. The van der Waals surface area contributed by atoms with Crippen LogP contribution in [0.25, 0.3) is 0 Å². The summed E-state index contributed by atoms with van der Waals surface area (Å²) < 4.78 is 0. The van der Waals surface area contributed by atoms with Crippen molar-refractivity contribution in [1.29, 1.82) is 0 Å². The summed E-state index contributed by atoms with van der Waals surface area (Å²) in [6.07, 6.45) is 3.80. The molecule has 0 aromatic heterocycles. The fourth-order valence-electron chi connectivity index (χ4n) is 2.97. The lowest BCUT2D eigenvalue weighted by atomic mass is 9.88. The number of hydrogen-bond acceptors (Lipinski definition) is 2. The largest absolute Gasteiger partial charge is 0.356 e. The molecule has 0 saturated carbocycles. The van der Waals surface area contributed by atoms with Crippen molar-refractivity contribution in [2.45, 2.75) is 38.5 Å². The molecular formula is C22H30N2O. The molecule has 25 heavy (non-hydrogen) atoms. The smallest absolute Gasteiger partial charge is 0.221 e. The highest BCUT2D eigenvalue weighted by Crippen LogP contribution is 2.27. The van der Waals surface area contributed by atoms with E-state index in [9.17, 15) is 4.79 Å². The van der Waals surface area contributed by atoms with Gasteiger partial charge in [0.15, 0.2) is 0 Å². The molecule has 2 aromatic rings. The lowest BCUT2D eigenvalue weighted by Crippen LogP contribution is -2.29. The second-order valence-electron chi connectivity index (χ2n) is 6.37. The maximum atomic E-state index is 12.0. The first-order valence-corrected chi connectivity index (χ1v) is 9.38. The van der Waals surface area contributed by atoms with Crippen molar-refractivity contribution < 1.29 is 4.79 Å². The Labute approximate surface area is 151 Å². The average molecular weight is 338 g/mol. The third-order valence-corrected chi connectivity index (χ3v) is 4.40. The van der Waals surface area contributed by atoms with Crippen molar-refractivity contribution in [3.63, 3.8) is 0 Å². The van der Waals surface area contributed by atoms with Gasteiger partial charge in [-0.15, -0.1) is 0 Å². The summed E-state index contributed by atoms with van der Waals surface area (Å²) in [6, 6.07) is 21.0. The third-order valence-electron chi connectivity index (χ3n) is 4.40. The van der Waals surface area contributed by atoms with E-state index in [1.54, 1.807) is 0 Å². The van der Waals surface area contributed by atoms with Crippen LogP contribution in [0.1, 0.15) is 49.7 Å². The predicted molar refractivity (Wildman–Crippen MR) is 105 cm³/mol. The molecule has 3 heteroatoms. The summed E-state index contributed by atoms with van der Waals surface area (Å²) >= 11 is 0. The molecule has 134 valence electrons. The predicted octanol–water partition coefficient (Wildman–Crippen LogP) is 4.10. The third kappa shape index (κ3) is 7.10. The number of carbonyl (C=O) groups excluding carboxylic acids is 1. The molecule has 0 unspecified atom stereocenters. The van der Waals surface area contributed by atoms with Gasteiger partial charge in [-0.1, -0.05) is 74.0 Å². The summed E-state index contributed by atoms with van der Waals surface area (Å²) in [6.45, 7) is 4.62. The van der Waals surface area contributed by atoms with Gasteiger partial charge in [-0.3, -0.25) is 4.79 Å². The Morgan fingerprint density at radius 2 is 1.48 bits per heavy atom. The van der Waals surface area contributed by atoms with Crippen LogP contribution in [0.2, 0.25) is 0 Å². The average Bonchev–Trinajstić information content (AvgIpc) is 2.66. The number of amides is 1. The Kier molecular flexibility index (Phi) is 8.78. The molecule has 0 aliphatic rings. The molecule has 0 saturated heterocycles. The molecule has 0 aliphatic carbocycles. The van der Waals surface area contributed by atoms with Crippen molar-refractivity contribution in [2.24, 2.45) is 0 Å². The number of nitrogens with one attached hydrogen (secondary N) is 2. The summed E-state index contributed by atoms with van der Waals surface area (Å²) in [7, 11) is 0. The van der Waals surface area contributed by atoms with E-state index in [1.807, 2.05) is 12.1 Å². The molecule has 3 nitrogen and oxygen atoms in total. The maximum Gasteiger partial charge on any atom is 0.221 e. The minimum Gasteiger partial charge on any atom is -0.356 e. The van der Waals surface area contributed by atoms with Crippen LogP contribution < -0.4 is 10.6 Å². The van der Waals surface area contributed by atoms with Gasteiger partial charge in [0.05, 0.1) is 0 Å². The molecule has 0 aliphatic heterocycles. The van der Waals surface area contributed by atoms with Gasteiger partial charge in [0.25, 0.3) is 0 Å². The SMILES string of the molecule is CCCCNCCC(=O)NCCC(c1ccccc1)c1ccccc1. The lowest BCUT2D eigenvalue weighted by Gasteiger charge is -2.18. The van der Waals surface area contributed by atoms with Crippen LogP contribution in [-0.4, -0.2) is 25.5 Å². The first-order valence-electron chi connectivity index (χ1n) is 9.38. The van der Waals surface area contributed by atoms with E-state index in [-0.39, 0.29) is 5.91 Å². The van der Waals surface area contributed by atoms with E-state index >= 15 is 0 Å². The first kappa shape index (κ1) is 19.2. The molecule has 0 heterocycles. The Balaban J connectivity index is 1.81. The first-order chi connectivity index (χ1) is 12.3. The Morgan fingerprint density at radius 1 is 0.880 bits per heavy atom. The van der Waals surface area contributed by atoms with Crippen molar-refractivity contribution in [3.8, 4) is 0 Å². The lowest BCUT2D eigenvalue weighted by molar-refractivity contribution is -0.121. The van der Waals surface area contributed by atoms with Gasteiger partial charge < -0.3 is 10.6 Å². The highest BCUT2D eigenvalue weighted by atomic mass is 16.1. The van der Waals surface area contributed by atoms with E-state index in [4.69, 9.17) is 0 Å². The Hall–Kier alpha value is -2.13. The summed E-state index contributed by atoms with van der Waals surface area (Å²) in [5.41, 5.74) is 2.59. The van der Waals surface area contributed by atoms with Gasteiger partial charge in [0.2, 0.25) is 5.91 Å². The topological polar surface area (TPSA) is 41.1 Å². The van der Waals surface area contributed by atoms with Gasteiger partial charge in [0.1, 0.15) is 0 Å². The van der Waals surface area contributed by atoms with Crippen LogP contribution in [0.15, 0.2) is 60.7 Å². The van der Waals surface area contributed by atoms with Crippen molar-refractivity contribution in [3.05, 3.63) is 71.8 Å². The Morgan fingerprint density at radius 3 is 2.04 bits per heavy atom. The van der Waals surface area contributed by atoms with Gasteiger partial charge in [-0.2, -0.15) is 0 Å². The van der Waals surface area contributed by atoms with E-state index in [0.29, 0.717) is 18.9 Å². The second-order valence-corrected chi connectivity index (χ2v) is 6.37. The highest BCUT2D eigenvalue weighted by Gasteiger charge is 2.13. The number of rotatable bonds is 11. The second kappa shape index (κ2) is 11.4. The van der Waals surface area contributed by atoms with Crippen LogP contribution in [-0.2, 0) is 4.79 Å². The standard InChI is InChI=1S/C22H30N2O/c1-2-3-16-23-17-15-22(25)24-18-14-21(19-10-6-4-7-11-19)20-12-8-5-9-13-20/h4-13,21,23H,2-3,14-18H2,1H3,(H,24,25). The molecule has 2 N–H and O–H groups in total. The van der Waals surface area contributed by atoms with Gasteiger partial charge >= 0.3 is 0 Å². The summed E-state index contributed by atoms with van der Waals surface area (Å²) in [5, 5.41) is 6.37. The van der Waals surface area contributed by atoms with Crippen LogP contribution >= 0.6 is 0 Å². The minimum absolute atomic E-state index is 0.129. The van der Waals surface area contributed by atoms with Crippen LogP contribution in [0.4, 0.5) is 0 Å². The van der Waals surface area contributed by atoms with E-state index < -0.39 is 0 Å². The zero-order valence-electron chi connectivity index (χ0n) is 15.2. The molecule has 1 amide bonds. The molecular weight excluding hydrogens is 308 g/mol. The van der Waals surface area contributed by atoms with Crippen molar-refractivity contribution in [2.75, 3.05) is 19.6 Å². The molecule has 0 spiro atoms. The molecule has 2 rings (SSSR count). The minimum atomic E-state index is 0.129.